The monoisotopic (exact) mass is 471 g/mol. The van der Waals surface area contributed by atoms with Crippen molar-refractivity contribution in [1.82, 2.24) is 34.9 Å². The van der Waals surface area contributed by atoms with Crippen LogP contribution in [0.5, 0.6) is 5.75 Å². The second-order valence-corrected chi connectivity index (χ2v) is 8.34. The zero-order chi connectivity index (χ0) is 23.2. The molecule has 5 rings (SSSR count). The molecule has 4 heterocycles. The standard InChI is InChI=1S/C24H21N7O2S/c1-32-20-6-4-19(5-7-20)31-23(18-10-14-26-15-11-18)28-29-24(31)34-16-2-3-21-27-22(30-33-21)17-8-12-25-13-9-17/h4-15H,2-3,16H2,1H3. The average molecular weight is 472 g/mol. The fourth-order valence-electron chi connectivity index (χ4n) is 3.38. The SMILES string of the molecule is COc1ccc(-n2c(SCCCc3nc(-c4ccncc4)no3)nnc2-c2ccncc2)cc1. The molecule has 4 aromatic heterocycles. The molecule has 0 spiro atoms. The van der Waals surface area contributed by atoms with Crippen molar-refractivity contribution in [2.45, 2.75) is 18.0 Å². The van der Waals surface area contributed by atoms with Gasteiger partial charge < -0.3 is 9.26 Å². The highest BCUT2D eigenvalue weighted by atomic mass is 32.2. The normalized spacial score (nSPS) is 11.0. The van der Waals surface area contributed by atoms with E-state index in [0.29, 0.717) is 18.1 Å². The van der Waals surface area contributed by atoms with Gasteiger partial charge in [-0.05, 0) is 55.0 Å². The van der Waals surface area contributed by atoms with Gasteiger partial charge >= 0.3 is 0 Å². The largest absolute Gasteiger partial charge is 0.497 e. The van der Waals surface area contributed by atoms with Gasteiger partial charge in [-0.3, -0.25) is 14.5 Å². The van der Waals surface area contributed by atoms with E-state index in [4.69, 9.17) is 9.26 Å². The molecule has 9 nitrogen and oxygen atoms in total. The van der Waals surface area contributed by atoms with E-state index in [-0.39, 0.29) is 0 Å². The minimum absolute atomic E-state index is 0.575. The summed E-state index contributed by atoms with van der Waals surface area (Å²) in [5.41, 5.74) is 2.79. The molecule has 0 fully saturated rings. The van der Waals surface area contributed by atoms with Crippen molar-refractivity contribution in [3.05, 3.63) is 79.2 Å². The van der Waals surface area contributed by atoms with Crippen LogP contribution < -0.4 is 4.74 Å². The summed E-state index contributed by atoms with van der Waals surface area (Å²) in [7, 11) is 1.65. The Morgan fingerprint density at radius 2 is 1.59 bits per heavy atom. The summed E-state index contributed by atoms with van der Waals surface area (Å²) in [6, 6.07) is 15.4. The van der Waals surface area contributed by atoms with Crippen molar-refractivity contribution >= 4 is 11.8 Å². The Bertz CT molecular complexity index is 1340. The van der Waals surface area contributed by atoms with Crippen molar-refractivity contribution in [1.29, 1.82) is 0 Å². The minimum atomic E-state index is 0.575. The van der Waals surface area contributed by atoms with Gasteiger partial charge in [-0.15, -0.1) is 10.2 Å². The molecule has 0 unspecified atom stereocenters. The van der Waals surface area contributed by atoms with E-state index in [0.717, 1.165) is 45.7 Å². The van der Waals surface area contributed by atoms with Gasteiger partial charge in [-0.25, -0.2) is 0 Å². The Morgan fingerprint density at radius 1 is 0.882 bits per heavy atom. The lowest BCUT2D eigenvalue weighted by Crippen LogP contribution is -2.00. The number of ether oxygens (including phenoxy) is 1. The number of thioether (sulfide) groups is 1. The topological polar surface area (TPSA) is 105 Å². The molecule has 34 heavy (non-hydrogen) atoms. The number of hydrogen-bond acceptors (Lipinski definition) is 9. The Labute approximate surface area is 200 Å². The van der Waals surface area contributed by atoms with Gasteiger partial charge in [0.25, 0.3) is 0 Å². The smallest absolute Gasteiger partial charge is 0.226 e. The van der Waals surface area contributed by atoms with E-state index in [1.807, 2.05) is 53.1 Å². The van der Waals surface area contributed by atoms with Crippen molar-refractivity contribution in [3.8, 4) is 34.2 Å². The first kappa shape index (κ1) is 21.8. The van der Waals surface area contributed by atoms with Crippen LogP contribution >= 0.6 is 11.8 Å². The van der Waals surface area contributed by atoms with E-state index >= 15 is 0 Å². The van der Waals surface area contributed by atoms with Crippen molar-refractivity contribution in [2.75, 3.05) is 12.9 Å². The van der Waals surface area contributed by atoms with Crippen LogP contribution in [0.3, 0.4) is 0 Å². The lowest BCUT2D eigenvalue weighted by molar-refractivity contribution is 0.378. The van der Waals surface area contributed by atoms with Gasteiger partial charge in [-0.1, -0.05) is 16.9 Å². The van der Waals surface area contributed by atoms with Crippen LogP contribution in [-0.2, 0) is 6.42 Å². The number of nitrogens with zero attached hydrogens (tertiary/aromatic N) is 7. The van der Waals surface area contributed by atoms with Gasteiger partial charge in [0, 0.05) is 53.8 Å². The number of benzene rings is 1. The molecule has 0 saturated carbocycles. The van der Waals surface area contributed by atoms with Gasteiger partial charge in [0.15, 0.2) is 11.0 Å². The molecule has 170 valence electrons. The molecule has 0 atom stereocenters. The van der Waals surface area contributed by atoms with Crippen LogP contribution in [0, 0.1) is 0 Å². The zero-order valence-electron chi connectivity index (χ0n) is 18.4. The highest BCUT2D eigenvalue weighted by Crippen LogP contribution is 2.29. The molecule has 1 aromatic carbocycles. The summed E-state index contributed by atoms with van der Waals surface area (Å²) in [6.07, 6.45) is 8.45. The molecule has 0 saturated heterocycles. The predicted molar refractivity (Wildman–Crippen MR) is 128 cm³/mol. The summed E-state index contributed by atoms with van der Waals surface area (Å²) in [5, 5.41) is 13.8. The number of aryl methyl sites for hydroxylation is 1. The predicted octanol–water partition coefficient (Wildman–Crippen LogP) is 4.51. The van der Waals surface area contributed by atoms with E-state index in [9.17, 15) is 0 Å². The van der Waals surface area contributed by atoms with E-state index < -0.39 is 0 Å². The Hall–Kier alpha value is -4.05. The highest BCUT2D eigenvalue weighted by molar-refractivity contribution is 7.99. The number of aromatic nitrogens is 7. The molecule has 0 radical (unpaired) electrons. The van der Waals surface area contributed by atoms with Crippen molar-refractivity contribution in [3.63, 3.8) is 0 Å². The number of hydrogen-bond donors (Lipinski definition) is 0. The van der Waals surface area contributed by atoms with Crippen LogP contribution in [0.15, 0.2) is 83.0 Å². The third-order valence-corrected chi connectivity index (χ3v) is 6.09. The first-order valence-electron chi connectivity index (χ1n) is 10.7. The quantitative estimate of drug-likeness (QED) is 0.227. The molecule has 10 heteroatoms. The van der Waals surface area contributed by atoms with Gasteiger partial charge in [0.05, 0.1) is 7.11 Å². The number of pyridine rings is 2. The maximum atomic E-state index is 5.41. The first-order valence-corrected chi connectivity index (χ1v) is 11.7. The zero-order valence-corrected chi connectivity index (χ0v) is 19.2. The molecule has 0 aliphatic heterocycles. The first-order chi connectivity index (χ1) is 16.8. The lowest BCUT2D eigenvalue weighted by Gasteiger charge is -2.11. The third kappa shape index (κ3) is 4.81. The molecule has 0 aliphatic carbocycles. The number of methoxy groups -OCH3 is 1. The highest BCUT2D eigenvalue weighted by Gasteiger charge is 2.16. The number of rotatable bonds is 9. The fraction of sp³-hybridized carbons (Fsp3) is 0.167. The second-order valence-electron chi connectivity index (χ2n) is 7.28. The molecule has 0 amide bonds. The third-order valence-electron chi connectivity index (χ3n) is 5.08. The summed E-state index contributed by atoms with van der Waals surface area (Å²) < 4.78 is 12.8. The second kappa shape index (κ2) is 10.3. The van der Waals surface area contributed by atoms with Crippen molar-refractivity contribution < 1.29 is 9.26 Å². The maximum absolute atomic E-state index is 5.41. The van der Waals surface area contributed by atoms with Crippen LogP contribution in [-0.4, -0.2) is 47.7 Å². The van der Waals surface area contributed by atoms with Gasteiger partial charge in [0.2, 0.25) is 11.7 Å². The maximum Gasteiger partial charge on any atom is 0.226 e. The Balaban J connectivity index is 1.30. The van der Waals surface area contributed by atoms with Gasteiger partial charge in [0.1, 0.15) is 5.75 Å². The van der Waals surface area contributed by atoms with E-state index in [1.54, 1.807) is 43.7 Å². The summed E-state index contributed by atoms with van der Waals surface area (Å²) in [6.45, 7) is 0. The minimum Gasteiger partial charge on any atom is -0.497 e. The van der Waals surface area contributed by atoms with Gasteiger partial charge in [-0.2, -0.15) is 4.98 Å². The van der Waals surface area contributed by atoms with Crippen LogP contribution in [0.1, 0.15) is 12.3 Å². The summed E-state index contributed by atoms with van der Waals surface area (Å²) in [4.78, 5) is 12.6. The Kier molecular flexibility index (Phi) is 6.57. The molecular formula is C24H21N7O2S. The molecule has 5 aromatic rings. The average Bonchev–Trinajstić information content (AvgIpc) is 3.55. The molecule has 0 N–H and O–H groups in total. The Morgan fingerprint density at radius 3 is 2.29 bits per heavy atom. The molecular weight excluding hydrogens is 450 g/mol. The van der Waals surface area contributed by atoms with Crippen molar-refractivity contribution in [2.24, 2.45) is 0 Å². The summed E-state index contributed by atoms with van der Waals surface area (Å²) in [5.74, 6) is 3.56. The summed E-state index contributed by atoms with van der Waals surface area (Å²) >= 11 is 1.63. The fourth-order valence-corrected chi connectivity index (χ4v) is 4.27. The van der Waals surface area contributed by atoms with Crippen LogP contribution in [0.25, 0.3) is 28.5 Å². The van der Waals surface area contributed by atoms with Crippen LogP contribution in [0.2, 0.25) is 0 Å². The van der Waals surface area contributed by atoms with E-state index in [2.05, 4.69) is 30.3 Å². The lowest BCUT2D eigenvalue weighted by atomic mass is 10.2. The molecule has 0 bridgehead atoms. The molecule has 0 aliphatic rings. The van der Waals surface area contributed by atoms with Crippen LogP contribution in [0.4, 0.5) is 0 Å². The van der Waals surface area contributed by atoms with E-state index in [1.165, 1.54) is 0 Å².